The Kier molecular flexibility index (Phi) is 6.64. The highest BCUT2D eigenvalue weighted by Gasteiger charge is 2.02. The summed E-state index contributed by atoms with van der Waals surface area (Å²) in [6.07, 6.45) is 1.75. The van der Waals surface area contributed by atoms with Crippen molar-refractivity contribution in [1.82, 2.24) is 5.43 Å². The topological polar surface area (TPSA) is 66.6 Å². The maximum Gasteiger partial charge on any atom is 0.123 e. The van der Waals surface area contributed by atoms with Crippen LogP contribution in [0.1, 0.15) is 22.3 Å². The number of ether oxygens (including phenoxy) is 2. The van der Waals surface area contributed by atoms with E-state index in [4.69, 9.17) is 14.7 Å². The van der Waals surface area contributed by atoms with E-state index in [2.05, 4.69) is 16.6 Å². The van der Waals surface area contributed by atoms with Crippen LogP contribution < -0.4 is 14.9 Å². The number of para-hydroxylation sites is 1. The maximum absolute atomic E-state index is 9.12. The van der Waals surface area contributed by atoms with Crippen LogP contribution in [0.25, 0.3) is 0 Å². The zero-order valence-electron chi connectivity index (χ0n) is 15.6. The summed E-state index contributed by atoms with van der Waals surface area (Å²) in [4.78, 5) is 0. The molecule has 0 aromatic heterocycles. The van der Waals surface area contributed by atoms with Crippen LogP contribution in [-0.4, -0.2) is 13.3 Å². The maximum atomic E-state index is 9.12. The molecule has 0 aliphatic heterocycles. The van der Waals surface area contributed by atoms with E-state index in [0.29, 0.717) is 18.7 Å². The van der Waals surface area contributed by atoms with Crippen molar-refractivity contribution in [3.63, 3.8) is 0 Å². The van der Waals surface area contributed by atoms with Crippen LogP contribution in [-0.2, 0) is 13.2 Å². The van der Waals surface area contributed by atoms with Gasteiger partial charge in [-0.2, -0.15) is 10.4 Å². The zero-order chi connectivity index (χ0) is 19.6. The van der Waals surface area contributed by atoms with Gasteiger partial charge >= 0.3 is 0 Å². The van der Waals surface area contributed by atoms with E-state index >= 15 is 0 Å². The fourth-order valence-electron chi connectivity index (χ4n) is 2.67. The van der Waals surface area contributed by atoms with Crippen LogP contribution in [0.5, 0.6) is 11.5 Å². The lowest BCUT2D eigenvalue weighted by molar-refractivity contribution is 0.306. The van der Waals surface area contributed by atoms with Gasteiger partial charge in [-0.25, -0.2) is 0 Å². The van der Waals surface area contributed by atoms with Gasteiger partial charge in [-0.1, -0.05) is 36.4 Å². The predicted octanol–water partition coefficient (Wildman–Crippen LogP) is 4.27. The Labute approximate surface area is 164 Å². The molecule has 0 saturated carbocycles. The largest absolute Gasteiger partial charge is 0.496 e. The lowest BCUT2D eigenvalue weighted by Crippen LogP contribution is -2.06. The lowest BCUT2D eigenvalue weighted by Gasteiger charge is -2.08. The first-order valence-corrected chi connectivity index (χ1v) is 8.89. The summed E-state index contributed by atoms with van der Waals surface area (Å²) in [5.74, 6) is 1.58. The normalized spacial score (nSPS) is 10.4. The van der Waals surface area contributed by atoms with E-state index in [9.17, 15) is 0 Å². The summed E-state index contributed by atoms with van der Waals surface area (Å²) in [5.41, 5.74) is 6.53. The zero-order valence-corrected chi connectivity index (χ0v) is 15.6. The molecule has 0 aliphatic carbocycles. The van der Waals surface area contributed by atoms with E-state index in [1.807, 2.05) is 66.7 Å². The molecule has 0 spiro atoms. The Morgan fingerprint density at radius 2 is 1.68 bits per heavy atom. The summed E-state index contributed by atoms with van der Waals surface area (Å²) in [7, 11) is 1.66. The second-order valence-corrected chi connectivity index (χ2v) is 6.03. The standard InChI is InChI=1S/C23H21N3O2/c1-27-23-9-5-4-7-20(23)16-26-25-15-18-10-12-22(13-11-18)28-17-21-8-3-2-6-19(21)14-24/h2-13,15,26H,16-17H2,1H3/b25-15-. The van der Waals surface area contributed by atoms with Gasteiger partial charge in [-0.15, -0.1) is 0 Å². The highest BCUT2D eigenvalue weighted by molar-refractivity contribution is 5.79. The summed E-state index contributed by atoms with van der Waals surface area (Å²) in [6.45, 7) is 0.942. The second-order valence-electron chi connectivity index (χ2n) is 6.03. The van der Waals surface area contributed by atoms with Crippen LogP contribution in [0, 0.1) is 11.3 Å². The number of rotatable bonds is 8. The second kappa shape index (κ2) is 9.79. The minimum absolute atomic E-state index is 0.359. The van der Waals surface area contributed by atoms with Crippen LogP contribution >= 0.6 is 0 Å². The van der Waals surface area contributed by atoms with Crippen molar-refractivity contribution < 1.29 is 9.47 Å². The number of hydrazone groups is 1. The quantitative estimate of drug-likeness (QED) is 0.474. The van der Waals surface area contributed by atoms with Gasteiger partial charge in [-0.05, 0) is 42.0 Å². The molecule has 0 fully saturated rings. The van der Waals surface area contributed by atoms with Gasteiger partial charge in [0, 0.05) is 11.1 Å². The number of nitrogens with one attached hydrogen (secondary N) is 1. The van der Waals surface area contributed by atoms with Gasteiger partial charge < -0.3 is 14.9 Å². The fraction of sp³-hybridized carbons (Fsp3) is 0.130. The number of hydrogen-bond donors (Lipinski definition) is 1. The molecule has 3 aromatic carbocycles. The average Bonchev–Trinajstić information content (AvgIpc) is 2.76. The summed E-state index contributed by atoms with van der Waals surface area (Å²) < 4.78 is 11.1. The first kappa shape index (κ1) is 19.0. The summed E-state index contributed by atoms with van der Waals surface area (Å²) in [5, 5.41) is 13.4. The van der Waals surface area contributed by atoms with E-state index < -0.39 is 0 Å². The van der Waals surface area contributed by atoms with Crippen LogP contribution in [0.15, 0.2) is 77.9 Å². The highest BCUT2D eigenvalue weighted by atomic mass is 16.5. The first-order valence-electron chi connectivity index (χ1n) is 8.89. The fourth-order valence-corrected chi connectivity index (χ4v) is 2.67. The van der Waals surface area contributed by atoms with Crippen LogP contribution in [0.3, 0.4) is 0 Å². The number of benzene rings is 3. The molecule has 140 valence electrons. The average molecular weight is 371 g/mol. The van der Waals surface area contributed by atoms with Crippen molar-refractivity contribution in [2.45, 2.75) is 13.2 Å². The van der Waals surface area contributed by atoms with E-state index in [1.54, 1.807) is 19.4 Å². The van der Waals surface area contributed by atoms with Crippen LogP contribution in [0.2, 0.25) is 0 Å². The Morgan fingerprint density at radius 1 is 0.964 bits per heavy atom. The Balaban J connectivity index is 1.51. The van der Waals surface area contributed by atoms with Gasteiger partial charge in [0.2, 0.25) is 0 Å². The van der Waals surface area contributed by atoms with Crippen molar-refractivity contribution in [3.8, 4) is 17.6 Å². The SMILES string of the molecule is COc1ccccc1CN/N=C\c1ccc(OCc2ccccc2C#N)cc1. The molecule has 0 saturated heterocycles. The highest BCUT2D eigenvalue weighted by Crippen LogP contribution is 2.17. The Hall–Kier alpha value is -3.78. The molecule has 0 radical (unpaired) electrons. The molecule has 0 aliphatic rings. The molecule has 28 heavy (non-hydrogen) atoms. The van der Waals surface area contributed by atoms with Gasteiger partial charge in [0.05, 0.1) is 31.5 Å². The predicted molar refractivity (Wildman–Crippen MR) is 109 cm³/mol. The summed E-state index contributed by atoms with van der Waals surface area (Å²) in [6, 6.07) is 25.1. The number of methoxy groups -OCH3 is 1. The van der Waals surface area contributed by atoms with E-state index in [-0.39, 0.29) is 0 Å². The number of nitrogens with zero attached hydrogens (tertiary/aromatic N) is 2. The third-order valence-corrected chi connectivity index (χ3v) is 4.18. The van der Waals surface area contributed by atoms with Gasteiger partial charge in [0.25, 0.3) is 0 Å². The van der Waals surface area contributed by atoms with Crippen LogP contribution in [0.4, 0.5) is 0 Å². The van der Waals surface area contributed by atoms with Crippen molar-refractivity contribution in [3.05, 3.63) is 95.1 Å². The molecule has 5 nitrogen and oxygen atoms in total. The minimum atomic E-state index is 0.359. The number of hydrogen-bond acceptors (Lipinski definition) is 5. The van der Waals surface area contributed by atoms with Gasteiger partial charge in [-0.3, -0.25) is 0 Å². The molecule has 0 heterocycles. The Morgan fingerprint density at radius 3 is 2.43 bits per heavy atom. The molecule has 0 bridgehead atoms. The number of nitriles is 1. The molecule has 5 heteroatoms. The smallest absolute Gasteiger partial charge is 0.123 e. The van der Waals surface area contributed by atoms with Crippen molar-refractivity contribution >= 4 is 6.21 Å². The van der Waals surface area contributed by atoms with E-state index in [0.717, 1.165) is 28.2 Å². The first-order chi connectivity index (χ1) is 13.8. The molecule has 0 atom stereocenters. The molecule has 3 rings (SSSR count). The Bertz CT molecular complexity index is 976. The lowest BCUT2D eigenvalue weighted by atomic mass is 10.1. The van der Waals surface area contributed by atoms with E-state index in [1.165, 1.54) is 0 Å². The summed E-state index contributed by atoms with van der Waals surface area (Å²) >= 11 is 0. The molecule has 1 N–H and O–H groups in total. The molecule has 0 amide bonds. The molecular formula is C23H21N3O2. The monoisotopic (exact) mass is 371 g/mol. The van der Waals surface area contributed by atoms with Crippen molar-refractivity contribution in [2.75, 3.05) is 7.11 Å². The molecule has 0 unspecified atom stereocenters. The van der Waals surface area contributed by atoms with Crippen molar-refractivity contribution in [2.24, 2.45) is 5.10 Å². The minimum Gasteiger partial charge on any atom is -0.496 e. The third-order valence-electron chi connectivity index (χ3n) is 4.18. The van der Waals surface area contributed by atoms with Crippen molar-refractivity contribution in [1.29, 1.82) is 5.26 Å². The molecular weight excluding hydrogens is 350 g/mol. The third kappa shape index (κ3) is 5.12. The molecule has 3 aromatic rings. The van der Waals surface area contributed by atoms with Gasteiger partial charge in [0.15, 0.2) is 0 Å². The van der Waals surface area contributed by atoms with Gasteiger partial charge in [0.1, 0.15) is 18.1 Å².